The summed E-state index contributed by atoms with van der Waals surface area (Å²) in [5, 5.41) is 8.44. The normalized spacial score (nSPS) is 11.7. The predicted molar refractivity (Wildman–Crippen MR) is 144 cm³/mol. The van der Waals surface area contributed by atoms with Crippen LogP contribution >= 0.6 is 0 Å². The predicted octanol–water partition coefficient (Wildman–Crippen LogP) is 6.88. The van der Waals surface area contributed by atoms with Gasteiger partial charge in [0, 0.05) is 45.3 Å². The first kappa shape index (κ1) is 19.8. The maximum atomic E-state index is 4.76. The molecule has 168 valence electrons. The molecule has 0 aliphatic carbocycles. The first-order valence-corrected chi connectivity index (χ1v) is 11.8. The van der Waals surface area contributed by atoms with E-state index in [2.05, 4.69) is 106 Å². The number of aromatic nitrogens is 4. The van der Waals surface area contributed by atoms with Crippen LogP contribution in [0.1, 0.15) is 11.3 Å². The highest BCUT2D eigenvalue weighted by Gasteiger charge is 2.15. The van der Waals surface area contributed by atoms with Crippen LogP contribution in [0, 0.1) is 0 Å². The zero-order valence-corrected chi connectivity index (χ0v) is 19.1. The van der Waals surface area contributed by atoms with Gasteiger partial charge >= 0.3 is 0 Å². The molecule has 3 aromatic carbocycles. The number of nitrogens with one attached hydrogen (secondary N) is 2. The van der Waals surface area contributed by atoms with E-state index in [0.717, 1.165) is 34.6 Å². The third-order valence-electron chi connectivity index (χ3n) is 6.75. The third-order valence-corrected chi connectivity index (χ3v) is 6.75. The fourth-order valence-electron chi connectivity index (χ4n) is 5.13. The Morgan fingerprint density at radius 3 is 2.43 bits per heavy atom. The Morgan fingerprint density at radius 2 is 1.51 bits per heavy atom. The number of aromatic amines is 1. The van der Waals surface area contributed by atoms with Gasteiger partial charge in [0.05, 0.1) is 29.5 Å². The minimum atomic E-state index is 0.592. The van der Waals surface area contributed by atoms with Crippen molar-refractivity contribution in [3.8, 4) is 0 Å². The van der Waals surface area contributed by atoms with E-state index < -0.39 is 0 Å². The quantitative estimate of drug-likeness (QED) is 0.299. The molecule has 0 bridgehead atoms. The zero-order valence-electron chi connectivity index (χ0n) is 19.1. The first-order chi connectivity index (χ1) is 17.3. The Hall–Kier alpha value is -4.64. The number of benzene rings is 3. The van der Waals surface area contributed by atoms with Crippen LogP contribution < -0.4 is 5.32 Å². The second-order valence-corrected chi connectivity index (χ2v) is 8.89. The number of rotatable bonds is 5. The van der Waals surface area contributed by atoms with Crippen molar-refractivity contribution in [2.45, 2.75) is 13.1 Å². The molecule has 5 nitrogen and oxygen atoms in total. The third kappa shape index (κ3) is 3.32. The summed E-state index contributed by atoms with van der Waals surface area (Å²) in [7, 11) is 0. The van der Waals surface area contributed by atoms with Crippen LogP contribution in [0.3, 0.4) is 0 Å². The molecule has 0 saturated carbocycles. The van der Waals surface area contributed by atoms with Crippen molar-refractivity contribution >= 4 is 49.4 Å². The molecule has 0 saturated heterocycles. The Morgan fingerprint density at radius 1 is 0.714 bits per heavy atom. The van der Waals surface area contributed by atoms with Crippen LogP contribution in [0.25, 0.3) is 43.6 Å². The number of hydrogen-bond donors (Lipinski definition) is 2. The minimum Gasteiger partial charge on any atom is -0.363 e. The van der Waals surface area contributed by atoms with Gasteiger partial charge < -0.3 is 14.9 Å². The van der Waals surface area contributed by atoms with E-state index in [1.807, 2.05) is 12.4 Å². The summed E-state index contributed by atoms with van der Waals surface area (Å²) in [4.78, 5) is 12.9. The second-order valence-electron chi connectivity index (χ2n) is 8.89. The highest BCUT2D eigenvalue weighted by Crippen LogP contribution is 2.33. The number of anilines is 1. The van der Waals surface area contributed by atoms with Gasteiger partial charge in [0.25, 0.3) is 0 Å². The van der Waals surface area contributed by atoms with Crippen molar-refractivity contribution in [1.82, 2.24) is 19.5 Å². The standard InChI is InChI=1S/C30H23N5/c1-2-8-20(9-3-1)19-35-28-13-7-5-11-23(28)24-14-15-31-30(29(24)35)33-17-21-16-25-22-10-4-6-12-26(22)34-27(25)18-32-21/h1-16,18,34H,17,19H2,(H,31,33). The lowest BCUT2D eigenvalue weighted by molar-refractivity contribution is 0.866. The van der Waals surface area contributed by atoms with Crippen LogP contribution in [-0.4, -0.2) is 19.5 Å². The Bertz CT molecular complexity index is 1830. The summed E-state index contributed by atoms with van der Waals surface area (Å²) in [6.07, 6.45) is 3.81. The fraction of sp³-hybridized carbons (Fsp3) is 0.0667. The monoisotopic (exact) mass is 453 g/mol. The molecule has 4 heterocycles. The van der Waals surface area contributed by atoms with Crippen molar-refractivity contribution in [3.05, 3.63) is 115 Å². The van der Waals surface area contributed by atoms with E-state index in [0.29, 0.717) is 6.54 Å². The van der Waals surface area contributed by atoms with Crippen LogP contribution in [0.4, 0.5) is 5.82 Å². The van der Waals surface area contributed by atoms with Crippen molar-refractivity contribution in [2.24, 2.45) is 0 Å². The van der Waals surface area contributed by atoms with E-state index in [1.54, 1.807) is 0 Å². The largest absolute Gasteiger partial charge is 0.363 e. The van der Waals surface area contributed by atoms with Gasteiger partial charge in [0.15, 0.2) is 5.82 Å². The molecular weight excluding hydrogens is 430 g/mol. The molecule has 0 aliphatic rings. The number of para-hydroxylation sites is 2. The lowest BCUT2D eigenvalue weighted by atomic mass is 10.1. The minimum absolute atomic E-state index is 0.592. The molecular formula is C30H23N5. The van der Waals surface area contributed by atoms with E-state index in [-0.39, 0.29) is 0 Å². The Balaban J connectivity index is 1.31. The van der Waals surface area contributed by atoms with Gasteiger partial charge in [-0.25, -0.2) is 4.98 Å². The molecule has 0 atom stereocenters. The average molecular weight is 454 g/mol. The highest BCUT2D eigenvalue weighted by atomic mass is 15.1. The van der Waals surface area contributed by atoms with Crippen LogP contribution in [0.5, 0.6) is 0 Å². The smallest absolute Gasteiger partial charge is 0.150 e. The Kier molecular flexibility index (Phi) is 4.52. The summed E-state index contributed by atoms with van der Waals surface area (Å²) in [5.41, 5.74) is 6.75. The topological polar surface area (TPSA) is 58.5 Å². The van der Waals surface area contributed by atoms with E-state index >= 15 is 0 Å². The maximum absolute atomic E-state index is 4.76. The molecule has 4 aromatic heterocycles. The van der Waals surface area contributed by atoms with Gasteiger partial charge in [0.2, 0.25) is 0 Å². The average Bonchev–Trinajstić information content (AvgIpc) is 3.44. The van der Waals surface area contributed by atoms with Crippen molar-refractivity contribution in [3.63, 3.8) is 0 Å². The van der Waals surface area contributed by atoms with Gasteiger partial charge in [-0.3, -0.25) is 4.98 Å². The molecule has 2 N–H and O–H groups in total. The maximum Gasteiger partial charge on any atom is 0.150 e. The lowest BCUT2D eigenvalue weighted by Gasteiger charge is -2.12. The van der Waals surface area contributed by atoms with Gasteiger partial charge in [-0.05, 0) is 29.8 Å². The van der Waals surface area contributed by atoms with E-state index in [1.165, 1.54) is 32.6 Å². The van der Waals surface area contributed by atoms with Gasteiger partial charge in [-0.15, -0.1) is 0 Å². The lowest BCUT2D eigenvalue weighted by Crippen LogP contribution is -2.06. The second kappa shape index (κ2) is 7.99. The van der Waals surface area contributed by atoms with E-state index in [9.17, 15) is 0 Å². The van der Waals surface area contributed by atoms with Crippen LogP contribution in [0.15, 0.2) is 103 Å². The summed E-state index contributed by atoms with van der Waals surface area (Å²) in [6, 6.07) is 31.8. The van der Waals surface area contributed by atoms with Gasteiger partial charge in [0.1, 0.15) is 0 Å². The van der Waals surface area contributed by atoms with Gasteiger partial charge in [-0.2, -0.15) is 0 Å². The number of nitrogens with zero attached hydrogens (tertiary/aromatic N) is 3. The summed E-state index contributed by atoms with van der Waals surface area (Å²) < 4.78 is 2.37. The van der Waals surface area contributed by atoms with Gasteiger partial charge in [-0.1, -0.05) is 66.7 Å². The molecule has 0 fully saturated rings. The van der Waals surface area contributed by atoms with Crippen LogP contribution in [0.2, 0.25) is 0 Å². The molecule has 7 rings (SSSR count). The molecule has 5 heteroatoms. The number of fused-ring (bicyclic) bond motifs is 6. The molecule has 0 spiro atoms. The SMILES string of the molecule is c1ccc(Cn2c3ccccc3c3ccnc(NCc4cc5c(cn4)[nH]c4ccccc45)c32)cc1. The summed E-state index contributed by atoms with van der Waals surface area (Å²) in [5.74, 6) is 0.871. The fourth-order valence-corrected chi connectivity index (χ4v) is 5.13. The zero-order chi connectivity index (χ0) is 23.2. The number of hydrogen-bond acceptors (Lipinski definition) is 3. The first-order valence-electron chi connectivity index (χ1n) is 11.8. The summed E-state index contributed by atoms with van der Waals surface area (Å²) >= 11 is 0. The van der Waals surface area contributed by atoms with Crippen LogP contribution in [-0.2, 0) is 13.1 Å². The van der Waals surface area contributed by atoms with E-state index in [4.69, 9.17) is 9.97 Å². The summed E-state index contributed by atoms with van der Waals surface area (Å²) in [6.45, 7) is 1.37. The van der Waals surface area contributed by atoms with Crippen molar-refractivity contribution in [2.75, 3.05) is 5.32 Å². The molecule has 0 amide bonds. The molecule has 35 heavy (non-hydrogen) atoms. The Labute approximate surface area is 202 Å². The number of H-pyrrole nitrogens is 1. The van der Waals surface area contributed by atoms with Crippen molar-refractivity contribution < 1.29 is 0 Å². The van der Waals surface area contributed by atoms with Crippen molar-refractivity contribution in [1.29, 1.82) is 0 Å². The number of pyridine rings is 2. The molecule has 0 aliphatic heterocycles. The molecule has 0 unspecified atom stereocenters. The highest BCUT2D eigenvalue weighted by molar-refractivity contribution is 6.11. The molecule has 0 radical (unpaired) electrons. The molecule has 7 aromatic rings.